The summed E-state index contributed by atoms with van der Waals surface area (Å²) < 4.78 is 6.69. The van der Waals surface area contributed by atoms with E-state index in [0.29, 0.717) is 22.4 Å². The molecule has 0 bridgehead atoms. The van der Waals surface area contributed by atoms with Crippen LogP contribution in [0.3, 0.4) is 0 Å². The van der Waals surface area contributed by atoms with Crippen LogP contribution in [-0.4, -0.2) is 36.6 Å². The molecular weight excluding hydrogens is 244 g/mol. The molecule has 0 radical (unpaired) electrons. The first kappa shape index (κ1) is 11.6. The number of thioether (sulfide) groups is 1. The number of aliphatic carboxylic acids is 1. The van der Waals surface area contributed by atoms with Crippen LogP contribution in [0, 0.1) is 6.92 Å². The minimum atomic E-state index is -0.893. The van der Waals surface area contributed by atoms with Crippen LogP contribution in [0.5, 0.6) is 0 Å². The van der Waals surface area contributed by atoms with Gasteiger partial charge in [0.1, 0.15) is 0 Å². The van der Waals surface area contributed by atoms with Gasteiger partial charge in [-0.2, -0.15) is 4.98 Å². The number of carboxylic acids is 1. The van der Waals surface area contributed by atoms with Crippen molar-refractivity contribution in [2.24, 2.45) is 7.05 Å². The maximum atomic E-state index is 10.5. The summed E-state index contributed by atoms with van der Waals surface area (Å²) in [5.74, 6) is -0.0324. The average Bonchev–Trinajstić information content (AvgIpc) is 2.82. The first-order chi connectivity index (χ1) is 8.08. The Hall–Kier alpha value is -1.83. The minimum absolute atomic E-state index is 0.0542. The molecule has 1 N–H and O–H groups in total. The van der Waals surface area contributed by atoms with Gasteiger partial charge in [-0.25, -0.2) is 9.67 Å². The molecule has 0 spiro atoms. The molecule has 0 fully saturated rings. The van der Waals surface area contributed by atoms with Crippen molar-refractivity contribution in [3.05, 3.63) is 12.1 Å². The Labute approximate surface area is 101 Å². The lowest BCUT2D eigenvalue weighted by molar-refractivity contribution is -0.133. The summed E-state index contributed by atoms with van der Waals surface area (Å²) in [4.78, 5) is 18.6. The number of oxazole rings is 1. The Morgan fingerprint density at radius 2 is 2.41 bits per heavy atom. The third-order valence-corrected chi connectivity index (χ3v) is 3.00. The van der Waals surface area contributed by atoms with E-state index in [1.165, 1.54) is 11.1 Å². The quantitative estimate of drug-likeness (QED) is 0.812. The predicted molar refractivity (Wildman–Crippen MR) is 59.6 cm³/mol. The number of rotatable bonds is 4. The van der Waals surface area contributed by atoms with Gasteiger partial charge in [-0.1, -0.05) is 11.8 Å². The second-order valence-electron chi connectivity index (χ2n) is 3.29. The van der Waals surface area contributed by atoms with Crippen LogP contribution < -0.4 is 0 Å². The molecule has 2 aromatic rings. The fourth-order valence-corrected chi connectivity index (χ4v) is 1.87. The Kier molecular flexibility index (Phi) is 3.14. The third kappa shape index (κ3) is 2.47. The second-order valence-corrected chi connectivity index (χ2v) is 4.23. The maximum absolute atomic E-state index is 10.5. The number of hydrogen-bond donors (Lipinski definition) is 1. The third-order valence-electron chi connectivity index (χ3n) is 2.00. The van der Waals surface area contributed by atoms with E-state index in [9.17, 15) is 4.79 Å². The van der Waals surface area contributed by atoms with E-state index in [4.69, 9.17) is 9.52 Å². The van der Waals surface area contributed by atoms with Crippen molar-refractivity contribution < 1.29 is 14.3 Å². The van der Waals surface area contributed by atoms with E-state index in [-0.39, 0.29) is 5.75 Å². The van der Waals surface area contributed by atoms with Crippen molar-refractivity contribution in [1.29, 1.82) is 0 Å². The lowest BCUT2D eigenvalue weighted by atomic mass is 10.3. The molecule has 8 heteroatoms. The second kappa shape index (κ2) is 4.58. The Balaban J connectivity index is 2.24. The summed E-state index contributed by atoms with van der Waals surface area (Å²) in [5.41, 5.74) is 0.699. The van der Waals surface area contributed by atoms with Crippen molar-refractivity contribution in [1.82, 2.24) is 19.7 Å². The summed E-state index contributed by atoms with van der Waals surface area (Å²) in [6.07, 6.45) is 1.32. The molecule has 90 valence electrons. The van der Waals surface area contributed by atoms with Crippen LogP contribution in [0.2, 0.25) is 0 Å². The summed E-state index contributed by atoms with van der Waals surface area (Å²) in [6, 6.07) is 0. The molecule has 0 saturated carbocycles. The summed E-state index contributed by atoms with van der Waals surface area (Å²) in [5, 5.41) is 13.3. The first-order valence-corrected chi connectivity index (χ1v) is 5.72. The zero-order valence-corrected chi connectivity index (χ0v) is 10.1. The number of carboxylic acid groups (broad SMARTS) is 1. The van der Waals surface area contributed by atoms with Gasteiger partial charge in [-0.15, -0.1) is 5.10 Å². The number of aryl methyl sites for hydroxylation is 2. The SMILES string of the molecule is Cc1ncoc1-c1nc(SCC(=O)O)n(C)n1. The number of hydrogen-bond acceptors (Lipinski definition) is 6. The molecule has 7 nitrogen and oxygen atoms in total. The maximum Gasteiger partial charge on any atom is 0.313 e. The lowest BCUT2D eigenvalue weighted by Gasteiger charge is -1.94. The highest BCUT2D eigenvalue weighted by molar-refractivity contribution is 7.99. The summed E-state index contributed by atoms with van der Waals surface area (Å²) in [6.45, 7) is 1.79. The van der Waals surface area contributed by atoms with Crippen molar-refractivity contribution in [3.8, 4) is 11.6 Å². The average molecular weight is 254 g/mol. The van der Waals surface area contributed by atoms with Crippen molar-refractivity contribution in [2.45, 2.75) is 12.1 Å². The molecular formula is C9H10N4O3S. The van der Waals surface area contributed by atoms with E-state index in [1.807, 2.05) is 0 Å². The molecule has 2 rings (SSSR count). The van der Waals surface area contributed by atoms with Crippen LogP contribution >= 0.6 is 11.8 Å². The highest BCUT2D eigenvalue weighted by Gasteiger charge is 2.15. The summed E-state index contributed by atoms with van der Waals surface area (Å²) >= 11 is 1.11. The van der Waals surface area contributed by atoms with Gasteiger partial charge in [0.2, 0.25) is 5.82 Å². The van der Waals surface area contributed by atoms with Gasteiger partial charge in [0.05, 0.1) is 11.4 Å². The number of aromatic nitrogens is 4. The molecule has 0 aromatic carbocycles. The van der Waals surface area contributed by atoms with Crippen LogP contribution in [0.4, 0.5) is 0 Å². The molecule has 0 aliphatic carbocycles. The molecule has 0 aliphatic rings. The fourth-order valence-electron chi connectivity index (χ4n) is 1.23. The van der Waals surface area contributed by atoms with Crippen LogP contribution in [0.25, 0.3) is 11.6 Å². The van der Waals surface area contributed by atoms with Gasteiger partial charge < -0.3 is 9.52 Å². The van der Waals surface area contributed by atoms with Gasteiger partial charge in [0.15, 0.2) is 17.3 Å². The molecule has 2 heterocycles. The largest absolute Gasteiger partial charge is 0.481 e. The fraction of sp³-hybridized carbons (Fsp3) is 0.333. The van der Waals surface area contributed by atoms with Crippen molar-refractivity contribution in [2.75, 3.05) is 5.75 Å². The molecule has 0 amide bonds. The number of carbonyl (C=O) groups is 1. The zero-order valence-electron chi connectivity index (χ0n) is 9.25. The van der Waals surface area contributed by atoms with E-state index in [0.717, 1.165) is 11.8 Å². The molecule has 17 heavy (non-hydrogen) atoms. The molecule has 2 aromatic heterocycles. The van der Waals surface area contributed by atoms with Gasteiger partial charge in [-0.05, 0) is 6.92 Å². The van der Waals surface area contributed by atoms with Crippen LogP contribution in [0.1, 0.15) is 5.69 Å². The molecule has 0 atom stereocenters. The molecule has 0 aliphatic heterocycles. The van der Waals surface area contributed by atoms with E-state index >= 15 is 0 Å². The Bertz CT molecular complexity index is 548. The first-order valence-electron chi connectivity index (χ1n) is 4.74. The van der Waals surface area contributed by atoms with Gasteiger partial charge in [0, 0.05) is 7.05 Å². The smallest absolute Gasteiger partial charge is 0.313 e. The van der Waals surface area contributed by atoms with E-state index in [2.05, 4.69) is 15.1 Å². The highest BCUT2D eigenvalue weighted by Crippen LogP contribution is 2.22. The van der Waals surface area contributed by atoms with E-state index < -0.39 is 5.97 Å². The van der Waals surface area contributed by atoms with Gasteiger partial charge in [-0.3, -0.25) is 4.79 Å². The predicted octanol–water partition coefficient (Wildman–Crippen LogP) is 0.955. The van der Waals surface area contributed by atoms with Crippen LogP contribution in [0.15, 0.2) is 16.0 Å². The topological polar surface area (TPSA) is 94.0 Å². The van der Waals surface area contributed by atoms with Crippen LogP contribution in [-0.2, 0) is 11.8 Å². The number of nitrogens with zero attached hydrogens (tertiary/aromatic N) is 4. The highest BCUT2D eigenvalue weighted by atomic mass is 32.2. The monoisotopic (exact) mass is 254 g/mol. The molecule has 0 saturated heterocycles. The van der Waals surface area contributed by atoms with Gasteiger partial charge >= 0.3 is 5.97 Å². The standard InChI is InChI=1S/C9H10N4O3S/c1-5-7(16-4-10-5)8-11-9(13(2)12-8)17-3-6(14)15/h4H,3H2,1-2H3,(H,14,15). The Morgan fingerprint density at radius 1 is 1.65 bits per heavy atom. The molecule has 0 unspecified atom stereocenters. The van der Waals surface area contributed by atoms with Gasteiger partial charge in [0.25, 0.3) is 0 Å². The normalized spacial score (nSPS) is 10.7. The summed E-state index contributed by atoms with van der Waals surface area (Å²) in [7, 11) is 1.70. The Morgan fingerprint density at radius 3 is 3.00 bits per heavy atom. The minimum Gasteiger partial charge on any atom is -0.481 e. The van der Waals surface area contributed by atoms with Crippen molar-refractivity contribution in [3.63, 3.8) is 0 Å². The lowest BCUT2D eigenvalue weighted by Crippen LogP contribution is -2.00. The van der Waals surface area contributed by atoms with E-state index in [1.54, 1.807) is 14.0 Å². The zero-order chi connectivity index (χ0) is 12.4. The van der Waals surface area contributed by atoms with Crippen molar-refractivity contribution >= 4 is 17.7 Å².